The molecule has 0 radical (unpaired) electrons. The third kappa shape index (κ3) is 5.29. The number of nitrogens with zero attached hydrogens (tertiary/aromatic N) is 2. The zero-order valence-electron chi connectivity index (χ0n) is 15.5. The van der Waals surface area contributed by atoms with E-state index in [-0.39, 0.29) is 18.2 Å². The van der Waals surface area contributed by atoms with Crippen LogP contribution >= 0.6 is 34.3 Å². The minimum Gasteiger partial charge on any atom is -0.302 e. The predicted octanol–water partition coefficient (Wildman–Crippen LogP) is 5.24. The molecule has 0 atom stereocenters. The summed E-state index contributed by atoms with van der Waals surface area (Å²) < 4.78 is 0.903. The smallest absolute Gasteiger partial charge is 0.250 e. The summed E-state index contributed by atoms with van der Waals surface area (Å²) in [6.07, 6.45) is 3.26. The monoisotopic (exact) mass is 454 g/mol. The SMILES string of the molecule is O=C(/C=C/c1ccccc1)Nc1nc(CC(=O)Nc2nc3ccc(Cl)cc3s2)cs1. The zero-order chi connectivity index (χ0) is 20.9. The maximum Gasteiger partial charge on any atom is 0.250 e. The fraction of sp³-hybridized carbons (Fsp3) is 0.0476. The summed E-state index contributed by atoms with van der Waals surface area (Å²) >= 11 is 8.61. The van der Waals surface area contributed by atoms with Crippen LogP contribution in [0.1, 0.15) is 11.3 Å². The van der Waals surface area contributed by atoms with E-state index in [4.69, 9.17) is 11.6 Å². The maximum atomic E-state index is 12.3. The number of hydrogen-bond donors (Lipinski definition) is 2. The molecule has 0 saturated carbocycles. The lowest BCUT2D eigenvalue weighted by atomic mass is 10.2. The molecule has 9 heteroatoms. The minimum absolute atomic E-state index is 0.0862. The molecular formula is C21H15ClN4O2S2. The van der Waals surface area contributed by atoms with Crippen LogP contribution in [-0.2, 0) is 16.0 Å². The van der Waals surface area contributed by atoms with Gasteiger partial charge in [-0.2, -0.15) is 0 Å². The molecule has 0 aliphatic rings. The van der Waals surface area contributed by atoms with Crippen LogP contribution in [0.4, 0.5) is 10.3 Å². The molecule has 150 valence electrons. The van der Waals surface area contributed by atoms with Crippen LogP contribution in [0.3, 0.4) is 0 Å². The summed E-state index contributed by atoms with van der Waals surface area (Å²) in [4.78, 5) is 33.0. The summed E-state index contributed by atoms with van der Waals surface area (Å²) in [6.45, 7) is 0. The van der Waals surface area contributed by atoms with Gasteiger partial charge in [-0.05, 0) is 29.8 Å². The second-order valence-corrected chi connectivity index (χ2v) is 8.56. The molecule has 2 N–H and O–H groups in total. The van der Waals surface area contributed by atoms with Crippen LogP contribution < -0.4 is 10.6 Å². The first-order valence-electron chi connectivity index (χ1n) is 8.89. The third-order valence-electron chi connectivity index (χ3n) is 3.95. The van der Waals surface area contributed by atoms with Gasteiger partial charge in [0.15, 0.2) is 10.3 Å². The fourth-order valence-electron chi connectivity index (χ4n) is 2.61. The summed E-state index contributed by atoms with van der Waals surface area (Å²) in [5.74, 6) is -0.510. The number of carbonyl (C=O) groups excluding carboxylic acids is 2. The maximum absolute atomic E-state index is 12.3. The van der Waals surface area contributed by atoms with E-state index in [0.29, 0.717) is 21.0 Å². The van der Waals surface area contributed by atoms with Crippen molar-refractivity contribution in [3.63, 3.8) is 0 Å². The number of amides is 2. The Bertz CT molecular complexity index is 1230. The van der Waals surface area contributed by atoms with Gasteiger partial charge in [0.1, 0.15) is 0 Å². The van der Waals surface area contributed by atoms with Gasteiger partial charge in [0.05, 0.1) is 22.3 Å². The molecule has 4 aromatic rings. The number of nitrogens with one attached hydrogen (secondary N) is 2. The summed E-state index contributed by atoms with van der Waals surface area (Å²) in [7, 11) is 0. The Morgan fingerprint density at radius 1 is 1.03 bits per heavy atom. The van der Waals surface area contributed by atoms with Crippen molar-refractivity contribution in [2.75, 3.05) is 10.6 Å². The molecule has 0 aliphatic heterocycles. The lowest BCUT2D eigenvalue weighted by Crippen LogP contribution is -2.14. The van der Waals surface area contributed by atoms with Crippen molar-refractivity contribution in [3.05, 3.63) is 76.3 Å². The third-order valence-corrected chi connectivity index (χ3v) is 5.92. The summed E-state index contributed by atoms with van der Waals surface area (Å²) in [6, 6.07) is 14.9. The van der Waals surface area contributed by atoms with Crippen LogP contribution in [-0.4, -0.2) is 21.8 Å². The molecule has 6 nitrogen and oxygen atoms in total. The quantitative estimate of drug-likeness (QED) is 0.390. The molecule has 0 unspecified atom stereocenters. The van der Waals surface area contributed by atoms with Crippen LogP contribution in [0.5, 0.6) is 0 Å². The van der Waals surface area contributed by atoms with Gasteiger partial charge in [-0.25, -0.2) is 9.97 Å². The van der Waals surface area contributed by atoms with Crippen molar-refractivity contribution in [2.45, 2.75) is 6.42 Å². The number of thiazole rings is 2. The van der Waals surface area contributed by atoms with Crippen molar-refractivity contribution >= 4 is 72.6 Å². The van der Waals surface area contributed by atoms with Crippen LogP contribution in [0, 0.1) is 0 Å². The van der Waals surface area contributed by atoms with Gasteiger partial charge in [0.25, 0.3) is 0 Å². The van der Waals surface area contributed by atoms with E-state index in [9.17, 15) is 9.59 Å². The summed E-state index contributed by atoms with van der Waals surface area (Å²) in [5.41, 5.74) is 2.28. The first-order valence-corrected chi connectivity index (χ1v) is 11.0. The van der Waals surface area contributed by atoms with Crippen molar-refractivity contribution in [2.24, 2.45) is 0 Å². The number of halogens is 1. The largest absolute Gasteiger partial charge is 0.302 e. The Hall–Kier alpha value is -3.07. The number of hydrogen-bond acceptors (Lipinski definition) is 6. The van der Waals surface area contributed by atoms with E-state index in [1.165, 1.54) is 28.7 Å². The number of benzene rings is 2. The van der Waals surface area contributed by atoms with Gasteiger partial charge in [0, 0.05) is 16.5 Å². The molecule has 2 amide bonds. The first-order chi connectivity index (χ1) is 14.5. The van der Waals surface area contributed by atoms with Crippen molar-refractivity contribution in [3.8, 4) is 0 Å². The topological polar surface area (TPSA) is 84.0 Å². The second kappa shape index (κ2) is 9.17. The van der Waals surface area contributed by atoms with E-state index in [1.54, 1.807) is 17.5 Å². The molecule has 0 saturated heterocycles. The van der Waals surface area contributed by atoms with Crippen molar-refractivity contribution < 1.29 is 9.59 Å². The zero-order valence-corrected chi connectivity index (χ0v) is 17.9. The minimum atomic E-state index is -0.280. The molecule has 2 heterocycles. The molecule has 4 rings (SSSR count). The summed E-state index contributed by atoms with van der Waals surface area (Å²) in [5, 5.41) is 8.80. The van der Waals surface area contributed by atoms with Gasteiger partial charge in [-0.1, -0.05) is 53.3 Å². The van der Waals surface area contributed by atoms with E-state index in [1.807, 2.05) is 42.5 Å². The van der Waals surface area contributed by atoms with E-state index < -0.39 is 0 Å². The lowest BCUT2D eigenvalue weighted by Gasteiger charge is -1.99. The molecule has 0 fully saturated rings. The van der Waals surface area contributed by atoms with Crippen LogP contribution in [0.2, 0.25) is 5.02 Å². The van der Waals surface area contributed by atoms with E-state index in [2.05, 4.69) is 20.6 Å². The highest BCUT2D eigenvalue weighted by Gasteiger charge is 2.12. The van der Waals surface area contributed by atoms with Crippen molar-refractivity contribution in [1.82, 2.24) is 9.97 Å². The first kappa shape index (κ1) is 20.2. The average Bonchev–Trinajstić information content (AvgIpc) is 3.32. The lowest BCUT2D eigenvalue weighted by molar-refractivity contribution is -0.115. The molecular weight excluding hydrogens is 440 g/mol. The molecule has 0 aliphatic carbocycles. The molecule has 0 spiro atoms. The highest BCUT2D eigenvalue weighted by atomic mass is 35.5. The number of rotatable bonds is 6. The Balaban J connectivity index is 1.32. The number of anilines is 2. The highest BCUT2D eigenvalue weighted by molar-refractivity contribution is 7.22. The molecule has 2 aromatic carbocycles. The normalized spacial score (nSPS) is 11.1. The van der Waals surface area contributed by atoms with Crippen LogP contribution in [0.15, 0.2) is 60.0 Å². The Labute approximate surface area is 185 Å². The Kier molecular flexibility index (Phi) is 6.18. The average molecular weight is 455 g/mol. The van der Waals surface area contributed by atoms with Crippen LogP contribution in [0.25, 0.3) is 16.3 Å². The number of carbonyl (C=O) groups is 2. The standard InChI is InChI=1S/C21H15ClN4O2S2/c22-14-7-8-16-17(10-14)30-21(24-16)26-19(28)11-15-12-29-20(23-15)25-18(27)9-6-13-4-2-1-3-5-13/h1-10,12H,11H2,(H,23,25,27)(H,24,26,28)/b9-6+. The second-order valence-electron chi connectivity index (χ2n) is 6.23. The van der Waals surface area contributed by atoms with Gasteiger partial charge in [0.2, 0.25) is 11.8 Å². The van der Waals surface area contributed by atoms with Crippen molar-refractivity contribution in [1.29, 1.82) is 0 Å². The van der Waals surface area contributed by atoms with Gasteiger partial charge < -0.3 is 5.32 Å². The fourth-order valence-corrected chi connectivity index (χ4v) is 4.48. The van der Waals surface area contributed by atoms with Gasteiger partial charge in [-0.3, -0.25) is 14.9 Å². The Morgan fingerprint density at radius 3 is 2.70 bits per heavy atom. The van der Waals surface area contributed by atoms with Gasteiger partial charge in [-0.15, -0.1) is 11.3 Å². The number of fused-ring (bicyclic) bond motifs is 1. The van der Waals surface area contributed by atoms with E-state index in [0.717, 1.165) is 15.8 Å². The predicted molar refractivity (Wildman–Crippen MR) is 123 cm³/mol. The van der Waals surface area contributed by atoms with Gasteiger partial charge >= 0.3 is 0 Å². The van der Waals surface area contributed by atoms with E-state index >= 15 is 0 Å². The number of aromatic nitrogens is 2. The molecule has 0 bridgehead atoms. The Morgan fingerprint density at radius 2 is 1.87 bits per heavy atom. The molecule has 2 aromatic heterocycles. The highest BCUT2D eigenvalue weighted by Crippen LogP contribution is 2.28. The molecule has 30 heavy (non-hydrogen) atoms.